The lowest BCUT2D eigenvalue weighted by atomic mass is 10.2. The Labute approximate surface area is 159 Å². The molecule has 0 atom stereocenters. The first-order valence-electron chi connectivity index (χ1n) is 9.31. The lowest BCUT2D eigenvalue weighted by Crippen LogP contribution is -2.43. The van der Waals surface area contributed by atoms with E-state index in [0.29, 0.717) is 51.0 Å². The Morgan fingerprint density at radius 2 is 1.93 bits per heavy atom. The van der Waals surface area contributed by atoms with Crippen molar-refractivity contribution in [2.45, 2.75) is 26.9 Å². The predicted molar refractivity (Wildman–Crippen MR) is 104 cm³/mol. The maximum Gasteiger partial charge on any atom is 0.255 e. The monoisotopic (exact) mass is 370 g/mol. The fourth-order valence-electron chi connectivity index (χ4n) is 3.17. The minimum Gasteiger partial charge on any atom is -0.378 e. The van der Waals surface area contributed by atoms with Gasteiger partial charge in [-0.25, -0.2) is 4.98 Å². The van der Waals surface area contributed by atoms with Crippen molar-refractivity contribution in [2.75, 3.05) is 37.7 Å². The number of rotatable bonds is 6. The van der Waals surface area contributed by atoms with Gasteiger partial charge in [-0.1, -0.05) is 30.3 Å². The second-order valence-electron chi connectivity index (χ2n) is 6.61. The number of likely N-dealkylation sites (N-methyl/N-ethyl adjacent to an activating group) is 1. The van der Waals surface area contributed by atoms with E-state index in [9.17, 15) is 9.59 Å². The summed E-state index contributed by atoms with van der Waals surface area (Å²) >= 11 is 0. The molecule has 1 amide bonds. The van der Waals surface area contributed by atoms with E-state index < -0.39 is 0 Å². The number of aryl methyl sites for hydroxylation is 1. The Bertz CT molecular complexity index is 829. The second kappa shape index (κ2) is 8.81. The molecule has 1 fully saturated rings. The van der Waals surface area contributed by atoms with Gasteiger partial charge >= 0.3 is 0 Å². The highest BCUT2D eigenvalue weighted by molar-refractivity contribution is 5.76. The molecular formula is C20H26N4O3. The topological polar surface area (TPSA) is 67.7 Å². The number of carbonyl (C=O) groups is 1. The van der Waals surface area contributed by atoms with Crippen LogP contribution in [0.2, 0.25) is 0 Å². The van der Waals surface area contributed by atoms with Crippen LogP contribution in [0.15, 0.2) is 41.2 Å². The van der Waals surface area contributed by atoms with Gasteiger partial charge in [-0.05, 0) is 19.4 Å². The van der Waals surface area contributed by atoms with E-state index in [4.69, 9.17) is 4.74 Å². The predicted octanol–water partition coefficient (Wildman–Crippen LogP) is 1.44. The van der Waals surface area contributed by atoms with Crippen LogP contribution in [0.5, 0.6) is 0 Å². The molecule has 7 heteroatoms. The molecule has 1 aromatic heterocycles. The van der Waals surface area contributed by atoms with E-state index in [1.165, 1.54) is 10.6 Å². The van der Waals surface area contributed by atoms with Crippen molar-refractivity contribution in [1.82, 2.24) is 14.5 Å². The number of amides is 1. The Morgan fingerprint density at radius 1 is 1.22 bits per heavy atom. The maximum atomic E-state index is 12.9. The van der Waals surface area contributed by atoms with Gasteiger partial charge in [-0.15, -0.1) is 0 Å². The number of aromatic nitrogens is 2. The van der Waals surface area contributed by atoms with Crippen LogP contribution in [-0.2, 0) is 22.6 Å². The van der Waals surface area contributed by atoms with Crippen LogP contribution < -0.4 is 10.5 Å². The average Bonchev–Trinajstić information content (AvgIpc) is 2.69. The van der Waals surface area contributed by atoms with Gasteiger partial charge in [-0.3, -0.25) is 14.2 Å². The van der Waals surface area contributed by atoms with Crippen molar-refractivity contribution in [3.05, 3.63) is 58.0 Å². The van der Waals surface area contributed by atoms with Gasteiger partial charge in [0.05, 0.1) is 13.2 Å². The number of hydrogen-bond acceptors (Lipinski definition) is 5. The van der Waals surface area contributed by atoms with Gasteiger partial charge in [0, 0.05) is 37.9 Å². The number of ether oxygens (including phenoxy) is 1. The maximum absolute atomic E-state index is 12.9. The minimum absolute atomic E-state index is 0.0144. The summed E-state index contributed by atoms with van der Waals surface area (Å²) in [6.07, 6.45) is 0. The molecule has 2 heterocycles. The van der Waals surface area contributed by atoms with E-state index in [1.807, 2.05) is 42.2 Å². The van der Waals surface area contributed by atoms with Crippen molar-refractivity contribution in [2.24, 2.45) is 0 Å². The summed E-state index contributed by atoms with van der Waals surface area (Å²) in [4.78, 5) is 33.8. The van der Waals surface area contributed by atoms with E-state index in [-0.39, 0.29) is 18.0 Å². The third-order valence-electron chi connectivity index (χ3n) is 4.65. The van der Waals surface area contributed by atoms with Gasteiger partial charge in [0.15, 0.2) is 0 Å². The molecule has 2 aromatic rings. The Hall–Kier alpha value is -2.67. The summed E-state index contributed by atoms with van der Waals surface area (Å²) < 4.78 is 6.87. The number of hydrogen-bond donors (Lipinski definition) is 0. The summed E-state index contributed by atoms with van der Waals surface area (Å²) in [6, 6.07) is 11.3. The summed E-state index contributed by atoms with van der Waals surface area (Å²) in [7, 11) is 0. The van der Waals surface area contributed by atoms with Crippen LogP contribution in [-0.4, -0.2) is 53.2 Å². The van der Waals surface area contributed by atoms with Crippen molar-refractivity contribution in [3.63, 3.8) is 0 Å². The Morgan fingerprint density at radius 3 is 2.59 bits per heavy atom. The standard InChI is InChI=1S/C20H26N4O3/c1-3-22(14-17-7-5-4-6-8-17)19(26)15-24-18(25)13-16(2)21-20(24)23-9-11-27-12-10-23/h4-8,13H,3,9-12,14-15H2,1-2H3. The Balaban J connectivity index is 1.82. The molecule has 1 aliphatic heterocycles. The summed E-state index contributed by atoms with van der Waals surface area (Å²) in [5.74, 6) is 0.455. The van der Waals surface area contributed by atoms with Crippen molar-refractivity contribution in [3.8, 4) is 0 Å². The highest BCUT2D eigenvalue weighted by Crippen LogP contribution is 2.13. The molecule has 1 aromatic carbocycles. The Kier molecular flexibility index (Phi) is 6.24. The van der Waals surface area contributed by atoms with Crippen LogP contribution in [0.1, 0.15) is 18.2 Å². The molecule has 0 spiro atoms. The molecule has 1 saturated heterocycles. The largest absolute Gasteiger partial charge is 0.378 e. The van der Waals surface area contributed by atoms with Crippen LogP contribution in [0, 0.1) is 6.92 Å². The zero-order chi connectivity index (χ0) is 19.2. The quantitative estimate of drug-likeness (QED) is 0.770. The van der Waals surface area contributed by atoms with Gasteiger partial charge in [0.2, 0.25) is 11.9 Å². The molecule has 0 bridgehead atoms. The summed E-state index contributed by atoms with van der Waals surface area (Å²) in [6.45, 7) is 7.33. The number of nitrogens with zero attached hydrogens (tertiary/aromatic N) is 4. The summed E-state index contributed by atoms with van der Waals surface area (Å²) in [5, 5.41) is 0. The number of anilines is 1. The van der Waals surface area contributed by atoms with E-state index in [0.717, 1.165) is 5.56 Å². The second-order valence-corrected chi connectivity index (χ2v) is 6.61. The lowest BCUT2D eigenvalue weighted by Gasteiger charge is -2.30. The molecule has 0 radical (unpaired) electrons. The van der Waals surface area contributed by atoms with Gasteiger partial charge in [-0.2, -0.15) is 0 Å². The molecule has 3 rings (SSSR count). The van der Waals surface area contributed by atoms with Crippen molar-refractivity contribution in [1.29, 1.82) is 0 Å². The molecule has 0 N–H and O–H groups in total. The fourth-order valence-corrected chi connectivity index (χ4v) is 3.17. The first-order chi connectivity index (χ1) is 13.1. The average molecular weight is 370 g/mol. The molecule has 7 nitrogen and oxygen atoms in total. The minimum atomic E-state index is -0.201. The molecule has 0 unspecified atom stereocenters. The molecule has 0 aliphatic carbocycles. The van der Waals surface area contributed by atoms with E-state index >= 15 is 0 Å². The molecule has 144 valence electrons. The van der Waals surface area contributed by atoms with Gasteiger partial charge in [0.1, 0.15) is 6.54 Å². The zero-order valence-corrected chi connectivity index (χ0v) is 15.9. The number of benzene rings is 1. The van der Waals surface area contributed by atoms with E-state index in [1.54, 1.807) is 11.8 Å². The fraction of sp³-hybridized carbons (Fsp3) is 0.450. The molecule has 0 saturated carbocycles. The summed E-state index contributed by atoms with van der Waals surface area (Å²) in [5.41, 5.74) is 1.52. The van der Waals surface area contributed by atoms with E-state index in [2.05, 4.69) is 4.98 Å². The number of morpholine rings is 1. The van der Waals surface area contributed by atoms with Crippen molar-refractivity contribution < 1.29 is 9.53 Å². The number of carbonyl (C=O) groups excluding carboxylic acids is 1. The smallest absolute Gasteiger partial charge is 0.255 e. The molecule has 1 aliphatic rings. The third-order valence-corrected chi connectivity index (χ3v) is 4.65. The van der Waals surface area contributed by atoms with Gasteiger partial charge in [0.25, 0.3) is 5.56 Å². The van der Waals surface area contributed by atoms with Crippen LogP contribution in [0.4, 0.5) is 5.95 Å². The van der Waals surface area contributed by atoms with Crippen LogP contribution in [0.3, 0.4) is 0 Å². The normalized spacial score (nSPS) is 14.2. The molecular weight excluding hydrogens is 344 g/mol. The zero-order valence-electron chi connectivity index (χ0n) is 15.9. The first kappa shape index (κ1) is 19.1. The van der Waals surface area contributed by atoms with Crippen molar-refractivity contribution >= 4 is 11.9 Å². The SMILES string of the molecule is CCN(Cc1ccccc1)C(=O)Cn1c(N2CCOCC2)nc(C)cc1=O. The van der Waals surface area contributed by atoms with Gasteiger partial charge < -0.3 is 14.5 Å². The lowest BCUT2D eigenvalue weighted by molar-refractivity contribution is -0.132. The molecule has 27 heavy (non-hydrogen) atoms. The van der Waals surface area contributed by atoms with Crippen LogP contribution in [0.25, 0.3) is 0 Å². The van der Waals surface area contributed by atoms with Crippen LogP contribution >= 0.6 is 0 Å². The highest BCUT2D eigenvalue weighted by Gasteiger charge is 2.21. The third kappa shape index (κ3) is 4.74. The highest BCUT2D eigenvalue weighted by atomic mass is 16.5. The first-order valence-corrected chi connectivity index (χ1v) is 9.31.